The summed E-state index contributed by atoms with van der Waals surface area (Å²) in [6, 6.07) is 13.2. The van der Waals surface area contributed by atoms with Gasteiger partial charge < -0.3 is 20.4 Å². The van der Waals surface area contributed by atoms with E-state index < -0.39 is 0 Å². The molecule has 5 heteroatoms. The summed E-state index contributed by atoms with van der Waals surface area (Å²) >= 11 is 0. The Bertz CT molecular complexity index is 1050. The molecule has 4 aromatic rings. The summed E-state index contributed by atoms with van der Waals surface area (Å²) in [5.41, 5.74) is 4.12. The van der Waals surface area contributed by atoms with Crippen molar-refractivity contribution < 1.29 is 9.90 Å². The number of carbonyl (C=O) groups excluding carboxylic acids is 1. The summed E-state index contributed by atoms with van der Waals surface area (Å²) in [5.74, 6) is 0.254. The van der Waals surface area contributed by atoms with Crippen LogP contribution < -0.4 is 5.32 Å². The van der Waals surface area contributed by atoms with E-state index in [0.29, 0.717) is 19.4 Å². The molecule has 2 aromatic heterocycles. The van der Waals surface area contributed by atoms with Gasteiger partial charge in [-0.1, -0.05) is 18.2 Å². The molecule has 2 aromatic carbocycles. The van der Waals surface area contributed by atoms with Crippen LogP contribution in [0.15, 0.2) is 54.9 Å². The molecule has 1 amide bonds. The molecule has 4 N–H and O–H groups in total. The van der Waals surface area contributed by atoms with Crippen LogP contribution in [0.5, 0.6) is 5.75 Å². The maximum Gasteiger partial charge on any atom is 0.224 e. The molecule has 0 spiro atoms. The summed E-state index contributed by atoms with van der Waals surface area (Å²) in [7, 11) is 0. The minimum absolute atomic E-state index is 0.00689. The van der Waals surface area contributed by atoms with Gasteiger partial charge in [-0.25, -0.2) is 0 Å². The summed E-state index contributed by atoms with van der Waals surface area (Å²) in [5, 5.41) is 14.7. The van der Waals surface area contributed by atoms with Crippen LogP contribution >= 0.6 is 0 Å². The van der Waals surface area contributed by atoms with Crippen molar-refractivity contribution in [2.45, 2.75) is 12.8 Å². The van der Waals surface area contributed by atoms with Gasteiger partial charge in [-0.05, 0) is 41.8 Å². The van der Waals surface area contributed by atoms with Gasteiger partial charge in [0.2, 0.25) is 5.91 Å². The quantitative estimate of drug-likeness (QED) is 0.452. The molecule has 4 rings (SSSR count). The second-order valence-electron chi connectivity index (χ2n) is 6.18. The van der Waals surface area contributed by atoms with Gasteiger partial charge in [-0.3, -0.25) is 4.79 Å². The zero-order valence-corrected chi connectivity index (χ0v) is 13.7. The molecule has 0 aliphatic rings. The lowest BCUT2D eigenvalue weighted by atomic mass is 10.1. The van der Waals surface area contributed by atoms with Gasteiger partial charge >= 0.3 is 0 Å². The number of hydrogen-bond acceptors (Lipinski definition) is 2. The Morgan fingerprint density at radius 2 is 1.72 bits per heavy atom. The molecular formula is C20H19N3O2. The van der Waals surface area contributed by atoms with E-state index in [-0.39, 0.29) is 11.7 Å². The Balaban J connectivity index is 1.38. The average Bonchev–Trinajstić information content (AvgIpc) is 3.20. The normalized spacial score (nSPS) is 11.2. The molecule has 5 nitrogen and oxygen atoms in total. The van der Waals surface area contributed by atoms with E-state index in [1.807, 2.05) is 42.7 Å². The fourth-order valence-corrected chi connectivity index (χ4v) is 3.22. The van der Waals surface area contributed by atoms with E-state index in [0.717, 1.165) is 32.9 Å². The summed E-state index contributed by atoms with van der Waals surface area (Å²) < 4.78 is 0. The van der Waals surface area contributed by atoms with Crippen LogP contribution in [0.1, 0.15) is 11.1 Å². The topological polar surface area (TPSA) is 80.9 Å². The lowest BCUT2D eigenvalue weighted by molar-refractivity contribution is -0.120. The van der Waals surface area contributed by atoms with Crippen LogP contribution in [0.2, 0.25) is 0 Å². The zero-order chi connectivity index (χ0) is 17.2. The monoisotopic (exact) mass is 333 g/mol. The first-order valence-corrected chi connectivity index (χ1v) is 8.31. The third kappa shape index (κ3) is 3.08. The lowest BCUT2D eigenvalue weighted by Crippen LogP contribution is -2.27. The predicted molar refractivity (Wildman–Crippen MR) is 98.7 cm³/mol. The van der Waals surface area contributed by atoms with Crippen molar-refractivity contribution in [3.63, 3.8) is 0 Å². The number of amides is 1. The van der Waals surface area contributed by atoms with Crippen molar-refractivity contribution >= 4 is 27.7 Å². The molecule has 25 heavy (non-hydrogen) atoms. The number of rotatable bonds is 5. The van der Waals surface area contributed by atoms with E-state index >= 15 is 0 Å². The summed E-state index contributed by atoms with van der Waals surface area (Å²) in [4.78, 5) is 18.6. The largest absolute Gasteiger partial charge is 0.508 e. The Kier molecular flexibility index (Phi) is 3.90. The van der Waals surface area contributed by atoms with Crippen molar-refractivity contribution in [2.75, 3.05) is 6.54 Å². The van der Waals surface area contributed by atoms with Crippen LogP contribution in [-0.4, -0.2) is 27.5 Å². The van der Waals surface area contributed by atoms with E-state index in [1.165, 1.54) is 0 Å². The van der Waals surface area contributed by atoms with E-state index in [4.69, 9.17) is 0 Å². The number of benzene rings is 2. The number of aromatic hydroxyl groups is 1. The summed E-state index contributed by atoms with van der Waals surface area (Å²) in [6.07, 6.45) is 4.89. The van der Waals surface area contributed by atoms with Gasteiger partial charge in [-0.15, -0.1) is 0 Å². The number of fused-ring (bicyclic) bond motifs is 2. The van der Waals surface area contributed by atoms with Gasteiger partial charge in [0.25, 0.3) is 0 Å². The highest BCUT2D eigenvalue weighted by Crippen LogP contribution is 2.23. The number of carbonyl (C=O) groups is 1. The van der Waals surface area contributed by atoms with Crippen LogP contribution in [-0.2, 0) is 17.6 Å². The Labute approximate surface area is 144 Å². The Hall–Kier alpha value is -3.21. The number of para-hydroxylation sites is 1. The summed E-state index contributed by atoms with van der Waals surface area (Å²) in [6.45, 7) is 0.559. The number of hydrogen-bond donors (Lipinski definition) is 4. The number of nitrogens with one attached hydrogen (secondary N) is 3. The molecule has 0 saturated carbocycles. The number of phenols is 1. The SMILES string of the molecule is O=C(Cc1c[nH]c2ccccc12)NCCc1c[nH]c2ccc(O)cc12. The Morgan fingerprint density at radius 3 is 2.60 bits per heavy atom. The lowest BCUT2D eigenvalue weighted by Gasteiger charge is -2.05. The van der Waals surface area contributed by atoms with Gasteiger partial charge in [0.15, 0.2) is 0 Å². The second-order valence-corrected chi connectivity index (χ2v) is 6.18. The molecule has 0 aliphatic carbocycles. The van der Waals surface area contributed by atoms with Gasteiger partial charge in [-0.2, -0.15) is 0 Å². The first kappa shape index (κ1) is 15.3. The minimum atomic E-state index is 0.00689. The third-order valence-electron chi connectivity index (χ3n) is 4.49. The van der Waals surface area contributed by atoms with Crippen molar-refractivity contribution in [3.8, 4) is 5.75 Å². The van der Waals surface area contributed by atoms with Crippen LogP contribution in [0.25, 0.3) is 21.8 Å². The molecule has 0 unspecified atom stereocenters. The van der Waals surface area contributed by atoms with Crippen molar-refractivity contribution in [1.82, 2.24) is 15.3 Å². The molecule has 126 valence electrons. The molecule has 0 aliphatic heterocycles. The van der Waals surface area contributed by atoms with Crippen molar-refractivity contribution in [2.24, 2.45) is 0 Å². The van der Waals surface area contributed by atoms with Crippen molar-refractivity contribution in [1.29, 1.82) is 0 Å². The van der Waals surface area contributed by atoms with Crippen LogP contribution in [0.4, 0.5) is 0 Å². The number of H-pyrrole nitrogens is 2. The molecule has 0 fully saturated rings. The molecule has 0 radical (unpaired) electrons. The maximum absolute atomic E-state index is 12.2. The smallest absolute Gasteiger partial charge is 0.224 e. The van der Waals surface area contributed by atoms with Crippen LogP contribution in [0.3, 0.4) is 0 Å². The molecule has 0 saturated heterocycles. The highest BCUT2D eigenvalue weighted by Gasteiger charge is 2.09. The predicted octanol–water partition coefficient (Wildman–Crippen LogP) is 3.26. The zero-order valence-electron chi connectivity index (χ0n) is 13.7. The molecule has 0 bridgehead atoms. The van der Waals surface area contributed by atoms with Gasteiger partial charge in [0.05, 0.1) is 6.42 Å². The first-order chi connectivity index (χ1) is 12.2. The maximum atomic E-state index is 12.2. The van der Waals surface area contributed by atoms with E-state index in [9.17, 15) is 9.90 Å². The fraction of sp³-hybridized carbons (Fsp3) is 0.150. The van der Waals surface area contributed by atoms with Crippen molar-refractivity contribution in [3.05, 3.63) is 66.0 Å². The first-order valence-electron chi connectivity index (χ1n) is 8.31. The van der Waals surface area contributed by atoms with Crippen LogP contribution in [0, 0.1) is 0 Å². The number of aromatic amines is 2. The molecule has 2 heterocycles. The fourth-order valence-electron chi connectivity index (χ4n) is 3.22. The minimum Gasteiger partial charge on any atom is -0.508 e. The number of phenolic OH excluding ortho intramolecular Hbond substituents is 1. The highest BCUT2D eigenvalue weighted by atomic mass is 16.3. The number of aromatic nitrogens is 2. The average molecular weight is 333 g/mol. The third-order valence-corrected chi connectivity index (χ3v) is 4.49. The molecule has 0 atom stereocenters. The van der Waals surface area contributed by atoms with E-state index in [1.54, 1.807) is 12.1 Å². The van der Waals surface area contributed by atoms with E-state index in [2.05, 4.69) is 15.3 Å². The molecular weight excluding hydrogens is 314 g/mol. The van der Waals surface area contributed by atoms with Gasteiger partial charge in [0.1, 0.15) is 5.75 Å². The Morgan fingerprint density at radius 1 is 0.960 bits per heavy atom. The van der Waals surface area contributed by atoms with Gasteiger partial charge in [0, 0.05) is 40.7 Å². The highest BCUT2D eigenvalue weighted by molar-refractivity contribution is 5.89. The second kappa shape index (κ2) is 6.36. The standard InChI is InChI=1S/C20H19N3O2/c24-15-5-6-19-17(10-15)13(11-22-19)7-8-21-20(25)9-14-12-23-18-4-2-1-3-16(14)18/h1-6,10-12,22-24H,7-9H2,(H,21,25).